The van der Waals surface area contributed by atoms with Gasteiger partial charge < -0.3 is 9.47 Å². The molecule has 4 nitrogen and oxygen atoms in total. The summed E-state index contributed by atoms with van der Waals surface area (Å²) in [5.41, 5.74) is 1.57. The van der Waals surface area contributed by atoms with Crippen molar-refractivity contribution in [1.82, 2.24) is 0 Å². The highest BCUT2D eigenvalue weighted by Gasteiger charge is 2.18. The molecule has 0 atom stereocenters. The molecule has 0 aliphatic rings. The number of rotatable bonds is 10. The van der Waals surface area contributed by atoms with Gasteiger partial charge in [-0.1, -0.05) is 66.4 Å². The van der Waals surface area contributed by atoms with Crippen LogP contribution in [0.25, 0.3) is 0 Å². The predicted octanol–water partition coefficient (Wildman–Crippen LogP) is 5.59. The maximum absolute atomic E-state index is 12.4. The lowest BCUT2D eigenvalue weighted by atomic mass is 10.1. The van der Waals surface area contributed by atoms with Gasteiger partial charge in [-0.3, -0.25) is 0 Å². The Morgan fingerprint density at radius 1 is 0.815 bits per heavy atom. The molecule has 0 saturated heterocycles. The van der Waals surface area contributed by atoms with E-state index >= 15 is 0 Å². The fraction of sp³-hybridized carbons (Fsp3) is 0.364. The number of esters is 2. The molecule has 0 amide bonds. The average molecular weight is 433 g/mol. The number of carbonyl (C=O) groups excluding carboxylic acids is 2. The van der Waals surface area contributed by atoms with Crippen molar-refractivity contribution in [1.29, 1.82) is 0 Å². The van der Waals surface area contributed by atoms with Gasteiger partial charge in [0.25, 0.3) is 0 Å². The summed E-state index contributed by atoms with van der Waals surface area (Å²) in [6.45, 7) is 2.75. The normalized spacial score (nSPS) is 10.4. The first-order valence-corrected chi connectivity index (χ1v) is 10.1. The first-order valence-electron chi connectivity index (χ1n) is 9.29. The van der Waals surface area contributed by atoms with E-state index in [0.29, 0.717) is 13.0 Å². The summed E-state index contributed by atoms with van der Waals surface area (Å²) in [4.78, 5) is 24.7. The molecular formula is C22H25BrO4. The molecule has 0 aliphatic heterocycles. The first kappa shape index (κ1) is 21.2. The molecule has 27 heavy (non-hydrogen) atoms. The fourth-order valence-electron chi connectivity index (χ4n) is 2.60. The van der Waals surface area contributed by atoms with Gasteiger partial charge in [-0.2, -0.15) is 0 Å². The lowest BCUT2D eigenvalue weighted by Gasteiger charge is -2.10. The molecule has 0 aliphatic carbocycles. The van der Waals surface area contributed by atoms with Crippen molar-refractivity contribution in [2.75, 3.05) is 13.2 Å². The zero-order chi connectivity index (χ0) is 19.5. The molecule has 0 heterocycles. The zero-order valence-corrected chi connectivity index (χ0v) is 17.2. The molecule has 2 rings (SSSR count). The van der Waals surface area contributed by atoms with E-state index < -0.39 is 11.9 Å². The van der Waals surface area contributed by atoms with E-state index in [4.69, 9.17) is 9.47 Å². The van der Waals surface area contributed by atoms with Crippen LogP contribution in [-0.4, -0.2) is 25.2 Å². The van der Waals surface area contributed by atoms with Crippen molar-refractivity contribution < 1.29 is 19.1 Å². The van der Waals surface area contributed by atoms with Crippen LogP contribution in [0.2, 0.25) is 0 Å². The Morgan fingerprint density at radius 2 is 1.41 bits per heavy atom. The zero-order valence-electron chi connectivity index (χ0n) is 15.6. The Kier molecular flexibility index (Phi) is 9.05. The Bertz CT molecular complexity index is 740. The lowest BCUT2D eigenvalue weighted by molar-refractivity contribution is 0.0456. The minimum absolute atomic E-state index is 0.242. The lowest BCUT2D eigenvalue weighted by Crippen LogP contribution is -2.15. The number of benzene rings is 2. The van der Waals surface area contributed by atoms with Crippen molar-refractivity contribution in [2.24, 2.45) is 0 Å². The number of unbranched alkanes of at least 4 members (excludes halogenated alkanes) is 3. The monoisotopic (exact) mass is 432 g/mol. The van der Waals surface area contributed by atoms with Crippen LogP contribution in [0, 0.1) is 0 Å². The van der Waals surface area contributed by atoms with Gasteiger partial charge in [0, 0.05) is 10.9 Å². The molecule has 144 valence electrons. The van der Waals surface area contributed by atoms with Gasteiger partial charge in [-0.25, -0.2) is 9.59 Å². The predicted molar refractivity (Wildman–Crippen MR) is 109 cm³/mol. The highest BCUT2D eigenvalue weighted by molar-refractivity contribution is 9.10. The smallest absolute Gasteiger partial charge is 0.339 e. The minimum Gasteiger partial charge on any atom is -0.462 e. The molecule has 0 unspecified atom stereocenters. The molecule has 0 spiro atoms. The summed E-state index contributed by atoms with van der Waals surface area (Å²) in [5.74, 6) is -0.988. The molecule has 2 aromatic rings. The quantitative estimate of drug-likeness (QED) is 0.362. The number of hydrogen-bond acceptors (Lipinski definition) is 4. The topological polar surface area (TPSA) is 52.6 Å². The second-order valence-corrected chi connectivity index (χ2v) is 7.17. The summed E-state index contributed by atoms with van der Waals surface area (Å²) >= 11 is 3.39. The maximum Gasteiger partial charge on any atom is 0.339 e. The van der Waals surface area contributed by atoms with Crippen LogP contribution < -0.4 is 0 Å². The molecule has 0 N–H and O–H groups in total. The molecule has 5 heteroatoms. The van der Waals surface area contributed by atoms with Crippen LogP contribution >= 0.6 is 15.9 Å². The summed E-state index contributed by atoms with van der Waals surface area (Å²) in [5, 5.41) is 0. The van der Waals surface area contributed by atoms with Gasteiger partial charge in [-0.15, -0.1) is 0 Å². The second-order valence-electron chi connectivity index (χ2n) is 6.25. The molecular weight excluding hydrogens is 408 g/mol. The van der Waals surface area contributed by atoms with Crippen molar-refractivity contribution >= 4 is 27.9 Å². The van der Waals surface area contributed by atoms with Crippen molar-refractivity contribution in [3.8, 4) is 0 Å². The van der Waals surface area contributed by atoms with E-state index in [2.05, 4.69) is 22.9 Å². The SMILES string of the molecule is CCCCCCOC(=O)c1ccccc1C(=O)OCCc1ccc(Br)cc1. The van der Waals surface area contributed by atoms with Crippen LogP contribution in [0.15, 0.2) is 53.0 Å². The van der Waals surface area contributed by atoms with E-state index in [9.17, 15) is 9.59 Å². The molecule has 0 bridgehead atoms. The van der Waals surface area contributed by atoms with E-state index in [1.165, 1.54) is 0 Å². The van der Waals surface area contributed by atoms with Gasteiger partial charge in [-0.05, 0) is 36.2 Å². The molecule has 0 fully saturated rings. The minimum atomic E-state index is -0.509. The fourth-order valence-corrected chi connectivity index (χ4v) is 2.87. The van der Waals surface area contributed by atoms with Gasteiger partial charge in [0.2, 0.25) is 0 Å². The number of halogens is 1. The molecule has 0 radical (unpaired) electrons. The Morgan fingerprint density at radius 3 is 2.00 bits per heavy atom. The summed E-state index contributed by atoms with van der Waals surface area (Å²) in [6, 6.07) is 14.5. The van der Waals surface area contributed by atoms with E-state index in [0.717, 1.165) is 35.7 Å². The second kappa shape index (κ2) is 11.5. The maximum atomic E-state index is 12.4. The van der Waals surface area contributed by atoms with Crippen molar-refractivity contribution in [3.05, 3.63) is 69.7 Å². The Hall–Kier alpha value is -2.14. The van der Waals surface area contributed by atoms with Crippen molar-refractivity contribution in [2.45, 2.75) is 39.0 Å². The third-order valence-corrected chi connectivity index (χ3v) is 4.66. The largest absolute Gasteiger partial charge is 0.462 e. The number of carbonyl (C=O) groups is 2. The van der Waals surface area contributed by atoms with Crippen molar-refractivity contribution in [3.63, 3.8) is 0 Å². The molecule has 0 aromatic heterocycles. The van der Waals surface area contributed by atoms with Crippen LogP contribution in [-0.2, 0) is 15.9 Å². The van der Waals surface area contributed by atoms with Gasteiger partial charge in [0.15, 0.2) is 0 Å². The Labute approximate surface area is 169 Å². The van der Waals surface area contributed by atoms with Crippen LogP contribution in [0.5, 0.6) is 0 Å². The van der Waals surface area contributed by atoms with E-state index in [1.54, 1.807) is 24.3 Å². The summed E-state index contributed by atoms with van der Waals surface area (Å²) < 4.78 is 11.7. The highest BCUT2D eigenvalue weighted by Crippen LogP contribution is 2.14. The van der Waals surface area contributed by atoms with E-state index in [-0.39, 0.29) is 17.7 Å². The molecule has 2 aromatic carbocycles. The van der Waals surface area contributed by atoms with Gasteiger partial charge >= 0.3 is 11.9 Å². The standard InChI is InChI=1S/C22H25BrO4/c1-2-3-4-7-15-26-21(24)19-8-5-6-9-20(19)22(25)27-16-14-17-10-12-18(23)13-11-17/h5-6,8-13H,2-4,7,14-16H2,1H3. The third-order valence-electron chi connectivity index (χ3n) is 4.14. The van der Waals surface area contributed by atoms with Crippen LogP contribution in [0.3, 0.4) is 0 Å². The van der Waals surface area contributed by atoms with Crippen LogP contribution in [0.4, 0.5) is 0 Å². The summed E-state index contributed by atoms with van der Waals surface area (Å²) in [6.07, 6.45) is 4.73. The molecule has 0 saturated carbocycles. The Balaban J connectivity index is 1.88. The number of hydrogen-bond donors (Lipinski definition) is 0. The van der Waals surface area contributed by atoms with Gasteiger partial charge in [0.05, 0.1) is 24.3 Å². The first-order chi connectivity index (χ1) is 13.1. The van der Waals surface area contributed by atoms with Crippen LogP contribution in [0.1, 0.15) is 58.9 Å². The summed E-state index contributed by atoms with van der Waals surface area (Å²) in [7, 11) is 0. The van der Waals surface area contributed by atoms with E-state index in [1.807, 2.05) is 24.3 Å². The third kappa shape index (κ3) is 7.18. The van der Waals surface area contributed by atoms with Gasteiger partial charge in [0.1, 0.15) is 0 Å². The highest BCUT2D eigenvalue weighted by atomic mass is 79.9. The number of ether oxygens (including phenoxy) is 2. The average Bonchev–Trinajstić information content (AvgIpc) is 2.69.